The highest BCUT2D eigenvalue weighted by atomic mass is 32.2. The molecule has 10 heteroatoms. The number of amides is 1. The summed E-state index contributed by atoms with van der Waals surface area (Å²) in [5.74, 6) is 0.518. The highest BCUT2D eigenvalue weighted by molar-refractivity contribution is 7.99. The zero-order chi connectivity index (χ0) is 23.7. The van der Waals surface area contributed by atoms with Gasteiger partial charge in [0.1, 0.15) is 16.9 Å². The molecule has 4 aromatic rings. The Morgan fingerprint density at radius 3 is 2.62 bits per heavy atom. The molecule has 5 heterocycles. The Morgan fingerprint density at radius 2 is 1.94 bits per heavy atom. The van der Waals surface area contributed by atoms with E-state index < -0.39 is 5.82 Å². The zero-order valence-corrected chi connectivity index (χ0v) is 19.2. The van der Waals surface area contributed by atoms with Crippen molar-refractivity contribution < 1.29 is 9.18 Å². The van der Waals surface area contributed by atoms with Gasteiger partial charge in [0, 0.05) is 67.7 Å². The standard InChI is InChI=1S/C24H20FN7OS/c1-16(33)30-7-9-31(10-8-30)22-5-4-17(13-28-22)18-11-21(34-24-20(25)3-2-6-27-24)23-19(12-26)14-29-32(23)15-18/h2-6,11,13-15H,7-10H2,1H3. The number of pyridine rings is 3. The van der Waals surface area contributed by atoms with Crippen LogP contribution in [0.25, 0.3) is 16.6 Å². The number of hydrogen-bond donors (Lipinski definition) is 0. The average molecular weight is 474 g/mol. The normalized spacial score (nSPS) is 13.8. The first-order chi connectivity index (χ1) is 16.5. The topological polar surface area (TPSA) is 90.4 Å². The summed E-state index contributed by atoms with van der Waals surface area (Å²) < 4.78 is 15.9. The first-order valence-corrected chi connectivity index (χ1v) is 11.5. The molecule has 0 saturated carbocycles. The van der Waals surface area contributed by atoms with Gasteiger partial charge in [-0.1, -0.05) is 11.8 Å². The Hall–Kier alpha value is -3.97. The molecule has 1 fully saturated rings. The van der Waals surface area contributed by atoms with Crippen molar-refractivity contribution in [3.63, 3.8) is 0 Å². The van der Waals surface area contributed by atoms with Crippen LogP contribution in [0.5, 0.6) is 0 Å². The van der Waals surface area contributed by atoms with Crippen LogP contribution in [-0.4, -0.2) is 56.6 Å². The third-order valence-corrected chi connectivity index (χ3v) is 6.78. The summed E-state index contributed by atoms with van der Waals surface area (Å²) in [6.45, 7) is 4.42. The van der Waals surface area contributed by atoms with E-state index in [-0.39, 0.29) is 10.9 Å². The van der Waals surface area contributed by atoms with Gasteiger partial charge < -0.3 is 9.80 Å². The summed E-state index contributed by atoms with van der Waals surface area (Å²) in [5, 5.41) is 14.1. The summed E-state index contributed by atoms with van der Waals surface area (Å²) in [7, 11) is 0. The van der Waals surface area contributed by atoms with Crippen molar-refractivity contribution in [2.45, 2.75) is 16.8 Å². The number of hydrogen-bond acceptors (Lipinski definition) is 7. The van der Waals surface area contributed by atoms with Crippen LogP contribution in [0.2, 0.25) is 0 Å². The first-order valence-electron chi connectivity index (χ1n) is 10.7. The fourth-order valence-electron chi connectivity index (χ4n) is 3.95. The molecule has 1 amide bonds. The van der Waals surface area contributed by atoms with E-state index in [0.717, 1.165) is 41.8 Å². The zero-order valence-electron chi connectivity index (χ0n) is 18.3. The number of carbonyl (C=O) groups is 1. The number of rotatable bonds is 4. The minimum Gasteiger partial charge on any atom is -0.353 e. The van der Waals surface area contributed by atoms with E-state index in [2.05, 4.69) is 26.0 Å². The van der Waals surface area contributed by atoms with Crippen LogP contribution in [0, 0.1) is 17.1 Å². The van der Waals surface area contributed by atoms with E-state index in [0.29, 0.717) is 29.1 Å². The van der Waals surface area contributed by atoms with E-state index in [1.807, 2.05) is 29.3 Å². The quantitative estimate of drug-likeness (QED) is 0.447. The number of anilines is 1. The highest BCUT2D eigenvalue weighted by Crippen LogP contribution is 2.36. The van der Waals surface area contributed by atoms with Crippen molar-refractivity contribution in [1.29, 1.82) is 5.26 Å². The maximum atomic E-state index is 14.3. The smallest absolute Gasteiger partial charge is 0.219 e. The second-order valence-corrected chi connectivity index (χ2v) is 8.88. The van der Waals surface area contributed by atoms with Crippen LogP contribution in [-0.2, 0) is 4.79 Å². The third kappa shape index (κ3) is 4.18. The fraction of sp³-hybridized carbons (Fsp3) is 0.208. The predicted molar refractivity (Wildman–Crippen MR) is 126 cm³/mol. The van der Waals surface area contributed by atoms with E-state index >= 15 is 0 Å². The lowest BCUT2D eigenvalue weighted by atomic mass is 10.1. The Kier molecular flexibility index (Phi) is 5.86. The van der Waals surface area contributed by atoms with Gasteiger partial charge in [-0.15, -0.1) is 0 Å². The van der Waals surface area contributed by atoms with Gasteiger partial charge in [-0.05, 0) is 30.3 Å². The molecule has 0 aromatic carbocycles. The van der Waals surface area contributed by atoms with E-state index in [9.17, 15) is 14.4 Å². The van der Waals surface area contributed by atoms with Gasteiger partial charge in [-0.25, -0.2) is 18.9 Å². The van der Waals surface area contributed by atoms with E-state index in [1.165, 1.54) is 24.5 Å². The molecule has 0 bridgehead atoms. The molecule has 0 N–H and O–H groups in total. The van der Waals surface area contributed by atoms with Crippen molar-refractivity contribution in [1.82, 2.24) is 24.5 Å². The molecule has 1 saturated heterocycles. The van der Waals surface area contributed by atoms with Gasteiger partial charge in [0.2, 0.25) is 5.91 Å². The predicted octanol–water partition coefficient (Wildman–Crippen LogP) is 3.62. The Labute approximate surface area is 199 Å². The van der Waals surface area contributed by atoms with Crippen LogP contribution in [0.1, 0.15) is 12.5 Å². The Bertz CT molecular complexity index is 1410. The van der Waals surface area contributed by atoms with Crippen LogP contribution < -0.4 is 4.90 Å². The van der Waals surface area contributed by atoms with E-state index in [1.54, 1.807) is 17.6 Å². The molecular weight excluding hydrogens is 453 g/mol. The third-order valence-electron chi connectivity index (χ3n) is 5.76. The Balaban J connectivity index is 1.46. The molecule has 0 atom stereocenters. The Morgan fingerprint density at radius 1 is 1.12 bits per heavy atom. The van der Waals surface area contributed by atoms with Gasteiger partial charge in [0.25, 0.3) is 0 Å². The summed E-state index contributed by atoms with van der Waals surface area (Å²) >= 11 is 1.16. The molecule has 0 spiro atoms. The maximum Gasteiger partial charge on any atom is 0.219 e. The van der Waals surface area contributed by atoms with Gasteiger partial charge in [0.05, 0.1) is 17.3 Å². The minimum absolute atomic E-state index is 0.0933. The minimum atomic E-state index is -0.426. The molecule has 0 aliphatic carbocycles. The summed E-state index contributed by atoms with van der Waals surface area (Å²) in [6.07, 6.45) is 6.66. The summed E-state index contributed by atoms with van der Waals surface area (Å²) in [4.78, 5) is 25.0. The van der Waals surface area contributed by atoms with Crippen LogP contribution >= 0.6 is 11.8 Å². The number of halogens is 1. The lowest BCUT2D eigenvalue weighted by molar-refractivity contribution is -0.129. The number of piperazine rings is 1. The van der Waals surface area contributed by atoms with Gasteiger partial charge in [-0.2, -0.15) is 10.4 Å². The van der Waals surface area contributed by atoms with Gasteiger partial charge in [0.15, 0.2) is 5.82 Å². The molecule has 34 heavy (non-hydrogen) atoms. The number of fused-ring (bicyclic) bond motifs is 1. The number of carbonyl (C=O) groups excluding carboxylic acids is 1. The lowest BCUT2D eigenvalue weighted by Gasteiger charge is -2.34. The number of nitrogens with zero attached hydrogens (tertiary/aromatic N) is 7. The molecule has 0 unspecified atom stereocenters. The van der Waals surface area contributed by atoms with Crippen molar-refractivity contribution >= 4 is 29.0 Å². The highest BCUT2D eigenvalue weighted by Gasteiger charge is 2.20. The number of aromatic nitrogens is 4. The number of nitriles is 1. The molecule has 170 valence electrons. The van der Waals surface area contributed by atoms with Gasteiger partial charge in [-0.3, -0.25) is 4.79 Å². The largest absolute Gasteiger partial charge is 0.353 e. The van der Waals surface area contributed by atoms with Crippen LogP contribution in [0.4, 0.5) is 10.2 Å². The second kappa shape index (κ2) is 9.11. The van der Waals surface area contributed by atoms with Crippen molar-refractivity contribution in [2.75, 3.05) is 31.1 Å². The lowest BCUT2D eigenvalue weighted by Crippen LogP contribution is -2.48. The van der Waals surface area contributed by atoms with Crippen LogP contribution in [0.3, 0.4) is 0 Å². The molecule has 0 radical (unpaired) electrons. The summed E-state index contributed by atoms with van der Waals surface area (Å²) in [6, 6.07) is 10.9. The first kappa shape index (κ1) is 21.9. The molecule has 1 aliphatic rings. The SMILES string of the molecule is CC(=O)N1CCN(c2ccc(-c3cc(Sc4ncccc4F)c4c(C#N)cnn4c3)cn2)CC1. The maximum absolute atomic E-state index is 14.3. The van der Waals surface area contributed by atoms with E-state index in [4.69, 9.17) is 0 Å². The van der Waals surface area contributed by atoms with Crippen molar-refractivity contribution in [3.8, 4) is 17.2 Å². The average Bonchev–Trinajstić information content (AvgIpc) is 3.29. The summed E-state index contributed by atoms with van der Waals surface area (Å²) in [5.41, 5.74) is 2.71. The van der Waals surface area contributed by atoms with Crippen molar-refractivity contribution in [2.24, 2.45) is 0 Å². The molecule has 1 aliphatic heterocycles. The molecule has 4 aromatic heterocycles. The monoisotopic (exact) mass is 473 g/mol. The second-order valence-electron chi connectivity index (χ2n) is 7.85. The van der Waals surface area contributed by atoms with Gasteiger partial charge >= 0.3 is 0 Å². The molecular formula is C24H20FN7OS. The fourth-order valence-corrected chi connectivity index (χ4v) is 4.92. The molecule has 8 nitrogen and oxygen atoms in total. The van der Waals surface area contributed by atoms with Crippen molar-refractivity contribution in [3.05, 3.63) is 66.5 Å². The molecule has 5 rings (SSSR count). The van der Waals surface area contributed by atoms with Crippen LogP contribution in [0.15, 0.2) is 65.0 Å².